The van der Waals surface area contributed by atoms with E-state index in [4.69, 9.17) is 21.7 Å². The van der Waals surface area contributed by atoms with Crippen LogP contribution in [0.4, 0.5) is 5.69 Å². The fourth-order valence-corrected chi connectivity index (χ4v) is 7.29. The number of aliphatic carboxylic acids is 2. The van der Waals surface area contributed by atoms with Crippen molar-refractivity contribution < 1.29 is 24.7 Å². The molecule has 0 spiro atoms. The average Bonchev–Trinajstić information content (AvgIpc) is 3.57. The molecule has 0 amide bonds. The first-order chi connectivity index (χ1) is 23.8. The molecule has 15 heteroatoms. The summed E-state index contributed by atoms with van der Waals surface area (Å²) in [6.45, 7) is 5.90. The monoisotopic (exact) mass is 888 g/mol. The topological polar surface area (TPSA) is 185 Å². The molecule has 6 N–H and O–H groups in total. The molecule has 270 valence electrons. The van der Waals surface area contributed by atoms with Crippen LogP contribution in [0.25, 0.3) is 32.7 Å². The molecule has 3 aromatic heterocycles. The van der Waals surface area contributed by atoms with Crippen molar-refractivity contribution in [1.82, 2.24) is 13.7 Å². The Labute approximate surface area is 319 Å². The van der Waals surface area contributed by atoms with Crippen molar-refractivity contribution in [1.29, 1.82) is 0 Å². The number of rotatable bonds is 7. The second-order valence-corrected chi connectivity index (χ2v) is 15.0. The Morgan fingerprint density at radius 3 is 1.80 bits per heavy atom. The van der Waals surface area contributed by atoms with Gasteiger partial charge in [-0.1, -0.05) is 31.9 Å². The Hall–Kier alpha value is -4.02. The number of halogens is 3. The third-order valence-electron chi connectivity index (χ3n) is 9.20. The van der Waals surface area contributed by atoms with Gasteiger partial charge in [-0.3, -0.25) is 19.7 Å². The van der Waals surface area contributed by atoms with Gasteiger partial charge in [-0.25, -0.2) is 0 Å². The van der Waals surface area contributed by atoms with Gasteiger partial charge in [0.1, 0.15) is 12.1 Å². The lowest BCUT2D eigenvalue weighted by Crippen LogP contribution is -2.32. The number of nitrogens with two attached hydrogens (primary N) is 2. The number of aromatic nitrogens is 3. The minimum Gasteiger partial charge on any atom is -0.480 e. The van der Waals surface area contributed by atoms with Gasteiger partial charge in [0.25, 0.3) is 5.69 Å². The van der Waals surface area contributed by atoms with Gasteiger partial charge in [0.15, 0.2) is 0 Å². The number of carbonyl (C=O) groups is 2. The van der Waals surface area contributed by atoms with Crippen LogP contribution in [0.5, 0.6) is 0 Å². The molecule has 2 atom stereocenters. The number of benzene rings is 3. The van der Waals surface area contributed by atoms with E-state index in [-0.39, 0.29) is 12.1 Å². The number of aryl methyl sites for hydroxylation is 4. The van der Waals surface area contributed by atoms with Crippen LogP contribution in [0.15, 0.2) is 68.0 Å². The molecule has 0 saturated heterocycles. The molecule has 3 aromatic carbocycles. The molecule has 0 aliphatic rings. The van der Waals surface area contributed by atoms with Gasteiger partial charge in [-0.05, 0) is 102 Å². The fraction of sp³-hybridized carbons (Fsp3) is 0.278. The zero-order valence-corrected chi connectivity index (χ0v) is 33.6. The summed E-state index contributed by atoms with van der Waals surface area (Å²) in [6, 6.07) is 15.9. The van der Waals surface area contributed by atoms with Crippen LogP contribution in [0.2, 0.25) is 0 Å². The number of nitrogens with zero attached hydrogens (tertiary/aromatic N) is 4. The lowest BCUT2D eigenvalue weighted by Gasteiger charge is -2.07. The van der Waals surface area contributed by atoms with Gasteiger partial charge >= 0.3 is 11.9 Å². The highest BCUT2D eigenvalue weighted by atomic mass is 79.9. The predicted octanol–water partition coefficient (Wildman–Crippen LogP) is 7.56. The van der Waals surface area contributed by atoms with Crippen LogP contribution in [0.3, 0.4) is 0 Å². The van der Waals surface area contributed by atoms with E-state index in [1.54, 1.807) is 30.7 Å². The quantitative estimate of drug-likeness (QED) is 0.0935. The zero-order chi connectivity index (χ0) is 38.1. The van der Waals surface area contributed by atoms with Gasteiger partial charge in [0, 0.05) is 81.8 Å². The van der Waals surface area contributed by atoms with Crippen LogP contribution in [-0.2, 0) is 43.6 Å². The largest absolute Gasteiger partial charge is 0.480 e. The van der Waals surface area contributed by atoms with Crippen molar-refractivity contribution in [3.63, 3.8) is 0 Å². The van der Waals surface area contributed by atoms with Crippen LogP contribution in [-0.4, -0.2) is 52.9 Å². The number of fused-ring (bicyclic) bond motifs is 3. The third-order valence-corrected chi connectivity index (χ3v) is 10.8. The molecule has 0 aliphatic carbocycles. The summed E-state index contributed by atoms with van der Waals surface area (Å²) >= 11 is 10.1. The minimum absolute atomic E-state index is 0.0375. The van der Waals surface area contributed by atoms with E-state index in [2.05, 4.69) is 95.2 Å². The van der Waals surface area contributed by atoms with Crippen LogP contribution >= 0.6 is 47.8 Å². The number of carboxylic acid groups (broad SMARTS) is 2. The summed E-state index contributed by atoms with van der Waals surface area (Å²) in [7, 11) is 5.85. The lowest BCUT2D eigenvalue weighted by molar-refractivity contribution is -0.383. The van der Waals surface area contributed by atoms with Crippen molar-refractivity contribution in [2.24, 2.45) is 32.6 Å². The van der Waals surface area contributed by atoms with Crippen molar-refractivity contribution in [2.45, 2.75) is 45.7 Å². The number of hydrogen-bond acceptors (Lipinski definition) is 6. The Bertz CT molecular complexity index is 2310. The normalized spacial score (nSPS) is 12.3. The summed E-state index contributed by atoms with van der Waals surface area (Å²) in [5.74, 6) is -2.11. The highest BCUT2D eigenvalue weighted by Gasteiger charge is 2.27. The minimum atomic E-state index is -1.14. The first kappa shape index (κ1) is 39.8. The van der Waals surface area contributed by atoms with Gasteiger partial charge < -0.3 is 35.4 Å². The van der Waals surface area contributed by atoms with Crippen molar-refractivity contribution >= 4 is 98.1 Å². The maximum Gasteiger partial charge on any atom is 0.320 e. The molecule has 0 radical (unpaired) electrons. The fourth-order valence-electron chi connectivity index (χ4n) is 6.08. The molecule has 0 aliphatic heterocycles. The maximum atomic E-state index is 11.3. The van der Waals surface area contributed by atoms with Crippen LogP contribution < -0.4 is 11.5 Å². The Morgan fingerprint density at radius 2 is 1.24 bits per heavy atom. The molecular formula is C36H39Br3N6O6. The number of nitro benzene ring substituents is 1. The standard InChI is InChI=1S/C13H14BrN3O4.C13H15BrN2O2.C10H10BrN/c1-6-7(5-9(15)13(18)19)11-10(16(6)2)4-3-8(14)12(11)17(20)21;1-7-9(6-11(15)13(17)18)10-5-8(14)3-4-12(10)16(7)2;1-7-5-8-6-9(11)3-4-10(8)12(7)2/h3-4,9H,5,15H2,1-2H3,(H,18,19);3-5,11H,6,15H2,1-2H3,(H,17,18);3-6H,1-2H3. The van der Waals surface area contributed by atoms with Gasteiger partial charge in [0.05, 0.1) is 20.3 Å². The molecule has 0 bridgehead atoms. The Balaban J connectivity index is 0.000000177. The van der Waals surface area contributed by atoms with E-state index in [1.807, 2.05) is 32.2 Å². The van der Waals surface area contributed by atoms with Crippen molar-refractivity contribution in [2.75, 3.05) is 0 Å². The summed E-state index contributed by atoms with van der Waals surface area (Å²) in [4.78, 5) is 32.7. The van der Waals surface area contributed by atoms with Crippen LogP contribution in [0.1, 0.15) is 28.2 Å². The van der Waals surface area contributed by atoms with E-state index in [0.29, 0.717) is 27.4 Å². The summed E-state index contributed by atoms with van der Waals surface area (Å²) in [5, 5.41) is 32.0. The molecule has 2 unspecified atom stereocenters. The summed E-state index contributed by atoms with van der Waals surface area (Å²) in [6.07, 6.45) is 0.380. The van der Waals surface area contributed by atoms with Gasteiger partial charge in [-0.2, -0.15) is 0 Å². The average molecular weight is 891 g/mol. The van der Waals surface area contributed by atoms with E-state index >= 15 is 0 Å². The van der Waals surface area contributed by atoms with Crippen molar-refractivity contribution in [3.8, 4) is 0 Å². The summed E-state index contributed by atoms with van der Waals surface area (Å²) < 4.78 is 8.54. The molecule has 51 heavy (non-hydrogen) atoms. The predicted molar refractivity (Wildman–Crippen MR) is 211 cm³/mol. The third kappa shape index (κ3) is 8.39. The van der Waals surface area contributed by atoms with Crippen LogP contribution in [0, 0.1) is 30.9 Å². The maximum absolute atomic E-state index is 11.3. The molecule has 12 nitrogen and oxygen atoms in total. The van der Waals surface area contributed by atoms with E-state index in [1.165, 1.54) is 16.6 Å². The highest BCUT2D eigenvalue weighted by Crippen LogP contribution is 2.38. The lowest BCUT2D eigenvalue weighted by atomic mass is 10.0. The first-order valence-electron chi connectivity index (χ1n) is 15.7. The number of nitro groups is 1. The Kier molecular flexibility index (Phi) is 12.6. The van der Waals surface area contributed by atoms with E-state index in [0.717, 1.165) is 36.8 Å². The molecular weight excluding hydrogens is 852 g/mol. The second kappa shape index (κ2) is 16.1. The van der Waals surface area contributed by atoms with Gasteiger partial charge in [0.2, 0.25) is 0 Å². The van der Waals surface area contributed by atoms with Crippen molar-refractivity contribution in [3.05, 3.63) is 106 Å². The molecule has 6 rings (SSSR count). The number of hydrogen-bond donors (Lipinski definition) is 4. The summed E-state index contributed by atoms with van der Waals surface area (Å²) in [5.41, 5.74) is 18.9. The first-order valence-corrected chi connectivity index (χ1v) is 18.1. The van der Waals surface area contributed by atoms with E-state index < -0.39 is 28.9 Å². The highest BCUT2D eigenvalue weighted by molar-refractivity contribution is 9.11. The Morgan fingerprint density at radius 1 is 0.745 bits per heavy atom. The second-order valence-electron chi connectivity index (χ2n) is 12.3. The molecule has 6 aromatic rings. The molecule has 0 fully saturated rings. The molecule has 0 saturated carbocycles. The SMILES string of the molecule is Cc1c(CC(N)C(=O)O)c2c([N+](=O)[O-])c(Br)ccc2n1C.Cc1c(CC(N)C(=O)O)c2cc(Br)ccc2n1C.Cc1cc2cc(Br)ccc2n1C. The zero-order valence-electron chi connectivity index (χ0n) is 28.9. The van der Waals surface area contributed by atoms with Gasteiger partial charge in [-0.15, -0.1) is 0 Å². The molecule has 3 heterocycles. The number of carboxylic acids is 2. The smallest absolute Gasteiger partial charge is 0.320 e. The van der Waals surface area contributed by atoms with E-state index in [9.17, 15) is 19.7 Å².